The van der Waals surface area contributed by atoms with Gasteiger partial charge < -0.3 is 10.6 Å². The molecule has 0 fully saturated rings. The molecule has 0 atom stereocenters. The number of aromatic nitrogens is 2. The molecular weight excluding hydrogens is 316 g/mol. The topological polar surface area (TPSA) is 72.1 Å². The average molecular weight is 327 g/mol. The lowest BCUT2D eigenvalue weighted by Gasteiger charge is -2.18. The highest BCUT2D eigenvalue weighted by atomic mass is 79.9. The number of nitrogen functional groups attached to an aromatic ring is 1. The fourth-order valence-corrected chi connectivity index (χ4v) is 2.53. The number of benzene rings is 1. The van der Waals surface area contributed by atoms with E-state index in [1.807, 2.05) is 6.07 Å². The maximum Gasteiger partial charge on any atom is 0.271 e. The molecule has 2 N–H and O–H groups in total. The van der Waals surface area contributed by atoms with Crippen LogP contribution in [0.3, 0.4) is 0 Å². The molecule has 0 bridgehead atoms. The quantitative estimate of drug-likeness (QED) is 0.860. The van der Waals surface area contributed by atoms with E-state index in [9.17, 15) is 4.79 Å². The summed E-state index contributed by atoms with van der Waals surface area (Å²) in [6, 6.07) is 5.39. The van der Waals surface area contributed by atoms with Crippen molar-refractivity contribution in [1.29, 1.82) is 0 Å². The van der Waals surface area contributed by atoms with Gasteiger partial charge in [0.05, 0.1) is 17.1 Å². The molecule has 0 saturated carbocycles. The van der Waals surface area contributed by atoms with Crippen molar-refractivity contribution in [3.63, 3.8) is 0 Å². The van der Waals surface area contributed by atoms with Crippen molar-refractivity contribution in [3.05, 3.63) is 33.2 Å². The molecule has 1 heterocycles. The van der Waals surface area contributed by atoms with Gasteiger partial charge in [-0.05, 0) is 36.7 Å². The van der Waals surface area contributed by atoms with Crippen molar-refractivity contribution in [2.75, 3.05) is 17.7 Å². The third-order valence-corrected chi connectivity index (χ3v) is 3.81. The first-order valence-electron chi connectivity index (χ1n) is 5.12. The predicted octanol–water partition coefficient (Wildman–Crippen LogP) is 2.47. The Morgan fingerprint density at radius 2 is 2.22 bits per heavy atom. The first kappa shape index (κ1) is 13.0. The van der Waals surface area contributed by atoms with E-state index in [4.69, 9.17) is 5.73 Å². The maximum absolute atomic E-state index is 12.3. The largest absolute Gasteiger partial charge is 0.397 e. The molecule has 2 rings (SSSR count). The van der Waals surface area contributed by atoms with Gasteiger partial charge in [0.1, 0.15) is 4.88 Å². The fraction of sp³-hybridized carbons (Fsp3) is 0.182. The number of aryl methyl sites for hydroxylation is 1. The van der Waals surface area contributed by atoms with Crippen molar-refractivity contribution in [3.8, 4) is 0 Å². The normalized spacial score (nSPS) is 10.4. The standard InChI is InChI=1S/C11H11BrN4OS/c1-6-10(18-15-14-6)11(17)16(2)9-4-3-7(12)5-8(9)13/h3-5H,13H2,1-2H3. The highest BCUT2D eigenvalue weighted by molar-refractivity contribution is 9.10. The van der Waals surface area contributed by atoms with Crippen molar-refractivity contribution < 1.29 is 4.79 Å². The molecule has 1 aromatic heterocycles. The zero-order chi connectivity index (χ0) is 13.3. The van der Waals surface area contributed by atoms with Gasteiger partial charge >= 0.3 is 0 Å². The number of anilines is 2. The van der Waals surface area contributed by atoms with Crippen LogP contribution in [-0.2, 0) is 0 Å². The van der Waals surface area contributed by atoms with E-state index in [1.54, 1.807) is 26.1 Å². The van der Waals surface area contributed by atoms with Crippen LogP contribution in [0.1, 0.15) is 15.4 Å². The summed E-state index contributed by atoms with van der Waals surface area (Å²) in [5.41, 5.74) is 7.73. The molecule has 94 valence electrons. The summed E-state index contributed by atoms with van der Waals surface area (Å²) in [6.45, 7) is 1.76. The highest BCUT2D eigenvalue weighted by Gasteiger charge is 2.20. The van der Waals surface area contributed by atoms with Gasteiger partial charge in [-0.3, -0.25) is 4.79 Å². The number of hydrogen-bond acceptors (Lipinski definition) is 5. The van der Waals surface area contributed by atoms with Gasteiger partial charge in [0, 0.05) is 11.5 Å². The summed E-state index contributed by atoms with van der Waals surface area (Å²) in [4.78, 5) is 14.3. The summed E-state index contributed by atoms with van der Waals surface area (Å²) in [7, 11) is 1.68. The van der Waals surface area contributed by atoms with Crippen molar-refractivity contribution in [2.24, 2.45) is 0 Å². The Labute approximate surface area is 117 Å². The number of nitrogens with zero attached hydrogens (tertiary/aromatic N) is 3. The van der Waals surface area contributed by atoms with Crippen LogP contribution in [0.25, 0.3) is 0 Å². The van der Waals surface area contributed by atoms with Crippen molar-refractivity contribution in [1.82, 2.24) is 9.59 Å². The van der Waals surface area contributed by atoms with Gasteiger partial charge in [-0.2, -0.15) is 0 Å². The molecule has 0 aliphatic rings. The fourth-order valence-electron chi connectivity index (χ4n) is 1.52. The third-order valence-electron chi connectivity index (χ3n) is 2.50. The number of hydrogen-bond donors (Lipinski definition) is 1. The molecule has 0 radical (unpaired) electrons. The first-order chi connectivity index (χ1) is 8.50. The highest BCUT2D eigenvalue weighted by Crippen LogP contribution is 2.27. The predicted molar refractivity (Wildman–Crippen MR) is 75.9 cm³/mol. The molecule has 1 amide bonds. The second-order valence-electron chi connectivity index (χ2n) is 3.75. The van der Waals surface area contributed by atoms with Crippen LogP contribution in [0, 0.1) is 6.92 Å². The van der Waals surface area contributed by atoms with Gasteiger partial charge in [0.25, 0.3) is 5.91 Å². The molecule has 0 unspecified atom stereocenters. The van der Waals surface area contributed by atoms with E-state index in [1.165, 1.54) is 4.90 Å². The van der Waals surface area contributed by atoms with Crippen LogP contribution in [0.15, 0.2) is 22.7 Å². The number of rotatable bonds is 2. The number of carbonyl (C=O) groups is 1. The molecule has 0 saturated heterocycles. The Morgan fingerprint density at radius 1 is 1.50 bits per heavy atom. The number of halogens is 1. The minimum atomic E-state index is -0.156. The summed E-state index contributed by atoms with van der Waals surface area (Å²) in [5, 5.41) is 3.83. The number of carbonyl (C=O) groups excluding carboxylic acids is 1. The summed E-state index contributed by atoms with van der Waals surface area (Å²) < 4.78 is 4.64. The smallest absolute Gasteiger partial charge is 0.271 e. The van der Waals surface area contributed by atoms with Gasteiger partial charge in [0.2, 0.25) is 0 Å². The molecule has 0 aliphatic carbocycles. The van der Waals surface area contributed by atoms with E-state index in [0.717, 1.165) is 16.0 Å². The molecule has 2 aromatic rings. The van der Waals surface area contributed by atoms with E-state index >= 15 is 0 Å². The van der Waals surface area contributed by atoms with Gasteiger partial charge in [-0.1, -0.05) is 20.4 Å². The van der Waals surface area contributed by atoms with E-state index in [-0.39, 0.29) is 5.91 Å². The Balaban J connectivity index is 2.34. The van der Waals surface area contributed by atoms with E-state index in [2.05, 4.69) is 25.5 Å². The second kappa shape index (κ2) is 5.03. The van der Waals surface area contributed by atoms with Gasteiger partial charge in [0.15, 0.2) is 0 Å². The molecule has 0 spiro atoms. The van der Waals surface area contributed by atoms with Crippen molar-refractivity contribution in [2.45, 2.75) is 6.92 Å². The van der Waals surface area contributed by atoms with Crippen LogP contribution in [-0.4, -0.2) is 22.5 Å². The Kier molecular flexibility index (Phi) is 3.63. The summed E-state index contributed by atoms with van der Waals surface area (Å²) in [6.07, 6.45) is 0. The minimum absolute atomic E-state index is 0.156. The lowest BCUT2D eigenvalue weighted by Crippen LogP contribution is -2.26. The molecule has 0 aliphatic heterocycles. The second-order valence-corrected chi connectivity index (χ2v) is 5.42. The van der Waals surface area contributed by atoms with Gasteiger partial charge in [-0.25, -0.2) is 0 Å². The molecular formula is C11H11BrN4OS. The molecule has 18 heavy (non-hydrogen) atoms. The molecule has 1 aromatic carbocycles. The van der Waals surface area contributed by atoms with Crippen LogP contribution in [0.5, 0.6) is 0 Å². The van der Waals surface area contributed by atoms with Crippen LogP contribution in [0.4, 0.5) is 11.4 Å². The van der Waals surface area contributed by atoms with E-state index in [0.29, 0.717) is 21.9 Å². The van der Waals surface area contributed by atoms with Crippen LogP contribution >= 0.6 is 27.5 Å². The Hall–Kier alpha value is -1.47. The third kappa shape index (κ3) is 2.37. The van der Waals surface area contributed by atoms with Crippen LogP contribution in [0.2, 0.25) is 0 Å². The number of nitrogens with two attached hydrogens (primary N) is 1. The molecule has 5 nitrogen and oxygen atoms in total. The number of amides is 1. The maximum atomic E-state index is 12.3. The summed E-state index contributed by atoms with van der Waals surface area (Å²) in [5.74, 6) is -0.156. The first-order valence-corrected chi connectivity index (χ1v) is 6.69. The van der Waals surface area contributed by atoms with E-state index < -0.39 is 0 Å². The minimum Gasteiger partial charge on any atom is -0.397 e. The average Bonchev–Trinajstić information content (AvgIpc) is 2.74. The zero-order valence-electron chi connectivity index (χ0n) is 9.85. The van der Waals surface area contributed by atoms with Crippen LogP contribution < -0.4 is 10.6 Å². The lowest BCUT2D eigenvalue weighted by atomic mass is 10.2. The monoisotopic (exact) mass is 326 g/mol. The lowest BCUT2D eigenvalue weighted by molar-refractivity contribution is 0.0996. The summed E-state index contributed by atoms with van der Waals surface area (Å²) >= 11 is 4.42. The Morgan fingerprint density at radius 3 is 2.78 bits per heavy atom. The van der Waals surface area contributed by atoms with Crippen molar-refractivity contribution >= 4 is 44.7 Å². The SMILES string of the molecule is Cc1nnsc1C(=O)N(C)c1ccc(Br)cc1N. The molecule has 7 heteroatoms. The van der Waals surface area contributed by atoms with Gasteiger partial charge in [-0.15, -0.1) is 5.10 Å². The zero-order valence-corrected chi connectivity index (χ0v) is 12.2. The Bertz CT molecular complexity index is 598.